The minimum Gasteiger partial charge on any atom is -0.478 e. The second-order valence-corrected chi connectivity index (χ2v) is 7.08. The van der Waals surface area contributed by atoms with E-state index >= 15 is 0 Å². The smallest absolute Gasteiger partial charge is 0.335 e. The van der Waals surface area contributed by atoms with Crippen molar-refractivity contribution in [1.29, 1.82) is 0 Å². The fourth-order valence-corrected chi connectivity index (χ4v) is 3.21. The Bertz CT molecular complexity index is 886. The number of ether oxygens (including phenoxy) is 1. The van der Waals surface area contributed by atoms with Gasteiger partial charge in [0.1, 0.15) is 0 Å². The van der Waals surface area contributed by atoms with E-state index in [0.29, 0.717) is 18.6 Å². The number of nitrogens with zero attached hydrogens (tertiary/aromatic N) is 1. The van der Waals surface area contributed by atoms with Crippen LogP contribution in [0.1, 0.15) is 46.0 Å². The first-order valence-corrected chi connectivity index (χ1v) is 10.3. The number of aryl methyl sites for hydroxylation is 1. The molecule has 0 amide bonds. The molecule has 172 valence electrons. The van der Waals surface area contributed by atoms with E-state index in [-0.39, 0.29) is 16.7 Å². The summed E-state index contributed by atoms with van der Waals surface area (Å²) in [5.41, 5.74) is 0.639. The Balaban J connectivity index is 0.000000267. The van der Waals surface area contributed by atoms with Gasteiger partial charge in [-0.05, 0) is 44.4 Å². The molecule has 3 rings (SSSR count). The predicted molar refractivity (Wildman–Crippen MR) is 124 cm³/mol. The van der Waals surface area contributed by atoms with E-state index in [4.69, 9.17) is 10.2 Å². The van der Waals surface area contributed by atoms with Crippen LogP contribution in [0.25, 0.3) is 0 Å². The zero-order valence-corrected chi connectivity index (χ0v) is 18.6. The number of benzene rings is 1. The Hall–Kier alpha value is -3.45. The lowest BCUT2D eigenvalue weighted by Gasteiger charge is -2.41. The topological polar surface area (TPSA) is 104 Å². The van der Waals surface area contributed by atoms with Crippen molar-refractivity contribution in [1.82, 2.24) is 4.90 Å². The van der Waals surface area contributed by atoms with E-state index in [1.165, 1.54) is 12.1 Å². The summed E-state index contributed by atoms with van der Waals surface area (Å²) in [5, 5.41) is 17.3. The van der Waals surface area contributed by atoms with Crippen LogP contribution in [0.4, 0.5) is 0 Å². The highest BCUT2D eigenvalue weighted by atomic mass is 16.5. The zero-order valence-electron chi connectivity index (χ0n) is 18.6. The lowest BCUT2D eigenvalue weighted by atomic mass is 9.88. The molecule has 0 saturated heterocycles. The van der Waals surface area contributed by atoms with Crippen LogP contribution in [0.3, 0.4) is 0 Å². The third-order valence-corrected chi connectivity index (χ3v) is 5.03. The number of rotatable bonds is 6. The standard InChI is InChI=1S/C13H17N.C9H8O4.C3H6O2/c1-2-13(9-5-3-6-10-13)14-11-7-4-8-12-14;1-5-2-3-6(8(10)11)4-7(5)9(12)13;1-2-5-3-4/h2-7,9H,1,8,10-12H2;2-4H,1H3,(H,10,11)(H,12,13);3H,2H2,1H3. The van der Waals surface area contributed by atoms with E-state index in [0.717, 1.165) is 32.0 Å². The van der Waals surface area contributed by atoms with Crippen LogP contribution in [0.15, 0.2) is 67.3 Å². The van der Waals surface area contributed by atoms with Crippen LogP contribution in [-0.4, -0.2) is 58.8 Å². The molecule has 0 aromatic heterocycles. The van der Waals surface area contributed by atoms with Crippen LogP contribution in [0, 0.1) is 6.92 Å². The normalized spacial score (nSPS) is 18.9. The van der Waals surface area contributed by atoms with Gasteiger partial charge in [0, 0.05) is 13.1 Å². The van der Waals surface area contributed by atoms with Gasteiger partial charge in [-0.2, -0.15) is 0 Å². The molecule has 1 aromatic carbocycles. The average molecular weight is 442 g/mol. The summed E-state index contributed by atoms with van der Waals surface area (Å²) in [4.78, 5) is 32.8. The van der Waals surface area contributed by atoms with Gasteiger partial charge >= 0.3 is 11.9 Å². The third-order valence-electron chi connectivity index (χ3n) is 5.03. The maximum Gasteiger partial charge on any atom is 0.335 e. The van der Waals surface area contributed by atoms with Gasteiger partial charge in [0.05, 0.1) is 23.3 Å². The van der Waals surface area contributed by atoms with Gasteiger partial charge < -0.3 is 14.9 Å². The summed E-state index contributed by atoms with van der Waals surface area (Å²) in [7, 11) is 0. The van der Waals surface area contributed by atoms with Crippen molar-refractivity contribution < 1.29 is 29.3 Å². The number of allylic oxidation sites excluding steroid dienone is 2. The van der Waals surface area contributed by atoms with Crippen molar-refractivity contribution in [2.24, 2.45) is 0 Å². The van der Waals surface area contributed by atoms with Crippen molar-refractivity contribution >= 4 is 18.4 Å². The molecule has 0 radical (unpaired) electrons. The molecule has 1 aromatic rings. The number of carbonyl (C=O) groups excluding carboxylic acids is 1. The lowest BCUT2D eigenvalue weighted by molar-refractivity contribution is -0.128. The maximum atomic E-state index is 10.6. The van der Waals surface area contributed by atoms with Gasteiger partial charge in [-0.1, -0.05) is 48.6 Å². The molecule has 32 heavy (non-hydrogen) atoms. The molecule has 2 N–H and O–H groups in total. The minimum atomic E-state index is -1.12. The molecule has 7 heteroatoms. The van der Waals surface area contributed by atoms with Gasteiger partial charge in [0.2, 0.25) is 0 Å². The summed E-state index contributed by atoms with van der Waals surface area (Å²) < 4.78 is 4.15. The Morgan fingerprint density at radius 2 is 1.94 bits per heavy atom. The number of carboxylic acids is 2. The number of hydrogen-bond donors (Lipinski definition) is 2. The van der Waals surface area contributed by atoms with Gasteiger partial charge in [-0.15, -0.1) is 6.58 Å². The SMILES string of the molecule is C=CC1(N2CC=CCC2)C=CC=CC1.CCOC=O.Cc1ccc(C(=O)O)cc1C(=O)O. The molecular formula is C25H31NO6. The molecule has 1 aliphatic carbocycles. The lowest BCUT2D eigenvalue weighted by Crippen LogP contribution is -2.47. The number of aromatic carboxylic acids is 2. The molecule has 1 atom stereocenters. The fourth-order valence-electron chi connectivity index (χ4n) is 3.21. The largest absolute Gasteiger partial charge is 0.478 e. The molecule has 1 aliphatic heterocycles. The number of carboxylic acid groups (broad SMARTS) is 2. The Labute approximate surface area is 189 Å². The first kappa shape index (κ1) is 26.6. The Morgan fingerprint density at radius 3 is 2.38 bits per heavy atom. The van der Waals surface area contributed by atoms with Crippen molar-refractivity contribution in [2.45, 2.75) is 32.2 Å². The molecule has 1 unspecified atom stereocenters. The third kappa shape index (κ3) is 8.00. The highest BCUT2D eigenvalue weighted by molar-refractivity contribution is 5.94. The molecule has 2 aliphatic rings. The molecule has 0 saturated carbocycles. The monoisotopic (exact) mass is 441 g/mol. The van der Waals surface area contributed by atoms with E-state index in [1.807, 2.05) is 0 Å². The first-order chi connectivity index (χ1) is 15.3. The number of hydrogen-bond acceptors (Lipinski definition) is 5. The van der Waals surface area contributed by atoms with Crippen LogP contribution >= 0.6 is 0 Å². The molecule has 0 fully saturated rings. The zero-order chi connectivity index (χ0) is 24.0. The molecule has 1 heterocycles. The van der Waals surface area contributed by atoms with Crippen LogP contribution in [0.5, 0.6) is 0 Å². The van der Waals surface area contributed by atoms with Crippen LogP contribution < -0.4 is 0 Å². The van der Waals surface area contributed by atoms with Gasteiger partial charge in [0.25, 0.3) is 6.47 Å². The van der Waals surface area contributed by atoms with Gasteiger partial charge in [-0.3, -0.25) is 9.69 Å². The van der Waals surface area contributed by atoms with E-state index in [9.17, 15) is 14.4 Å². The van der Waals surface area contributed by atoms with Crippen molar-refractivity contribution in [3.8, 4) is 0 Å². The highest BCUT2D eigenvalue weighted by Crippen LogP contribution is 2.28. The van der Waals surface area contributed by atoms with Crippen LogP contribution in [0.2, 0.25) is 0 Å². The van der Waals surface area contributed by atoms with Crippen molar-refractivity contribution in [3.63, 3.8) is 0 Å². The first-order valence-electron chi connectivity index (χ1n) is 10.3. The van der Waals surface area contributed by atoms with Crippen molar-refractivity contribution in [3.05, 3.63) is 84.0 Å². The fraction of sp³-hybridized carbons (Fsp3) is 0.320. The second kappa shape index (κ2) is 13.8. The van der Waals surface area contributed by atoms with E-state index in [2.05, 4.69) is 58.7 Å². The number of carbonyl (C=O) groups is 3. The minimum absolute atomic E-state index is 0.0111. The Morgan fingerprint density at radius 1 is 1.19 bits per heavy atom. The maximum absolute atomic E-state index is 10.6. The average Bonchev–Trinajstić information content (AvgIpc) is 2.81. The summed E-state index contributed by atoms with van der Waals surface area (Å²) in [6.07, 6.45) is 17.5. The summed E-state index contributed by atoms with van der Waals surface area (Å²) in [6, 6.07) is 4.01. The summed E-state index contributed by atoms with van der Waals surface area (Å²) in [5.74, 6) is -2.23. The Kier molecular flexibility index (Phi) is 11.4. The van der Waals surface area contributed by atoms with Crippen molar-refractivity contribution in [2.75, 3.05) is 19.7 Å². The highest BCUT2D eigenvalue weighted by Gasteiger charge is 2.30. The quantitative estimate of drug-likeness (QED) is 0.502. The van der Waals surface area contributed by atoms with Crippen LogP contribution in [-0.2, 0) is 9.53 Å². The molecule has 7 nitrogen and oxygen atoms in total. The molecule has 0 bridgehead atoms. The molecular weight excluding hydrogens is 410 g/mol. The van der Waals surface area contributed by atoms with Gasteiger partial charge in [0.15, 0.2) is 0 Å². The summed E-state index contributed by atoms with van der Waals surface area (Å²) >= 11 is 0. The van der Waals surface area contributed by atoms with Gasteiger partial charge in [-0.25, -0.2) is 9.59 Å². The predicted octanol–water partition coefficient (Wildman–Crippen LogP) is 4.26. The van der Waals surface area contributed by atoms with E-state index in [1.54, 1.807) is 13.8 Å². The molecule has 0 spiro atoms. The second-order valence-electron chi connectivity index (χ2n) is 7.08. The summed E-state index contributed by atoms with van der Waals surface area (Å²) in [6.45, 7) is 10.5. The van der Waals surface area contributed by atoms with E-state index < -0.39 is 11.9 Å².